The number of thiophene rings is 1. The number of nitrogens with zero attached hydrogens (tertiary/aromatic N) is 1. The Bertz CT molecular complexity index is 396. The van der Waals surface area contributed by atoms with Crippen LogP contribution in [-0.2, 0) is 17.8 Å². The fourth-order valence-electron chi connectivity index (χ4n) is 2.15. The topological polar surface area (TPSA) is 24.5 Å². The van der Waals surface area contributed by atoms with Gasteiger partial charge in [0.2, 0.25) is 0 Å². The smallest absolute Gasteiger partial charge is 0.0589 e. The van der Waals surface area contributed by atoms with Crippen molar-refractivity contribution in [3.05, 3.63) is 21.9 Å². The standard InChI is InChI=1S/C17H32N2OS/c1-14(2)12-19(9-10-20-6)13-16-8-7-15(21-16)11-18-17(3,4)5/h7-8,14,18H,9-13H2,1-6H3. The third kappa shape index (κ3) is 8.57. The molecule has 21 heavy (non-hydrogen) atoms. The summed E-state index contributed by atoms with van der Waals surface area (Å²) in [7, 11) is 1.77. The van der Waals surface area contributed by atoms with E-state index in [2.05, 4.69) is 57.0 Å². The first kappa shape index (κ1) is 18.6. The van der Waals surface area contributed by atoms with E-state index in [0.29, 0.717) is 5.92 Å². The van der Waals surface area contributed by atoms with Crippen LogP contribution >= 0.6 is 11.3 Å². The van der Waals surface area contributed by atoms with Gasteiger partial charge >= 0.3 is 0 Å². The molecule has 0 saturated heterocycles. The summed E-state index contributed by atoms with van der Waals surface area (Å²) in [4.78, 5) is 5.34. The molecule has 0 fully saturated rings. The Kier molecular flexibility index (Phi) is 7.88. The SMILES string of the molecule is COCCN(Cc1ccc(CNC(C)(C)C)s1)CC(C)C. The second kappa shape index (κ2) is 8.89. The highest BCUT2D eigenvalue weighted by Crippen LogP contribution is 2.19. The van der Waals surface area contributed by atoms with E-state index in [0.717, 1.165) is 32.8 Å². The molecule has 0 radical (unpaired) electrons. The lowest BCUT2D eigenvalue weighted by Gasteiger charge is -2.23. The van der Waals surface area contributed by atoms with Gasteiger partial charge in [-0.25, -0.2) is 0 Å². The second-order valence-corrected chi connectivity index (χ2v) is 8.35. The zero-order chi connectivity index (χ0) is 15.9. The fourth-order valence-corrected chi connectivity index (χ4v) is 3.15. The minimum absolute atomic E-state index is 0.173. The van der Waals surface area contributed by atoms with Crippen LogP contribution in [0.15, 0.2) is 12.1 Å². The molecule has 0 aliphatic heterocycles. The summed E-state index contributed by atoms with van der Waals surface area (Å²) in [5.41, 5.74) is 0.173. The summed E-state index contributed by atoms with van der Waals surface area (Å²) in [6.07, 6.45) is 0. The number of ether oxygens (including phenoxy) is 1. The van der Waals surface area contributed by atoms with Crippen LogP contribution in [0.2, 0.25) is 0 Å². The molecule has 0 atom stereocenters. The van der Waals surface area contributed by atoms with Gasteiger partial charge in [0, 0.05) is 48.6 Å². The lowest BCUT2D eigenvalue weighted by Crippen LogP contribution is -2.34. The predicted molar refractivity (Wildman–Crippen MR) is 92.9 cm³/mol. The second-order valence-electron chi connectivity index (χ2n) is 7.09. The molecule has 1 aromatic heterocycles. The van der Waals surface area contributed by atoms with Gasteiger partial charge in [-0.1, -0.05) is 13.8 Å². The first-order chi connectivity index (χ1) is 9.80. The number of hydrogen-bond donors (Lipinski definition) is 1. The lowest BCUT2D eigenvalue weighted by atomic mass is 10.1. The third-order valence-corrected chi connectivity index (χ3v) is 4.19. The van der Waals surface area contributed by atoms with Crippen molar-refractivity contribution in [3.63, 3.8) is 0 Å². The number of hydrogen-bond acceptors (Lipinski definition) is 4. The maximum Gasteiger partial charge on any atom is 0.0589 e. The Morgan fingerprint density at radius 3 is 2.48 bits per heavy atom. The molecular weight excluding hydrogens is 280 g/mol. The van der Waals surface area contributed by atoms with Crippen LogP contribution in [0, 0.1) is 5.92 Å². The van der Waals surface area contributed by atoms with E-state index in [4.69, 9.17) is 4.74 Å². The molecule has 0 spiro atoms. The van der Waals surface area contributed by atoms with Crippen molar-refractivity contribution in [2.75, 3.05) is 26.8 Å². The molecule has 0 aliphatic rings. The molecule has 0 bridgehead atoms. The first-order valence-electron chi connectivity index (χ1n) is 7.84. The van der Waals surface area contributed by atoms with Crippen LogP contribution in [0.4, 0.5) is 0 Å². The molecule has 122 valence electrons. The van der Waals surface area contributed by atoms with Crippen LogP contribution < -0.4 is 5.32 Å². The molecule has 1 rings (SSSR count). The highest BCUT2D eigenvalue weighted by Gasteiger charge is 2.12. The zero-order valence-corrected chi connectivity index (χ0v) is 15.3. The Labute approximate surface area is 134 Å². The highest BCUT2D eigenvalue weighted by molar-refractivity contribution is 7.11. The van der Waals surface area contributed by atoms with Gasteiger partial charge in [0.25, 0.3) is 0 Å². The van der Waals surface area contributed by atoms with Crippen molar-refractivity contribution < 1.29 is 4.74 Å². The van der Waals surface area contributed by atoms with Gasteiger partial charge in [0.1, 0.15) is 0 Å². The van der Waals surface area contributed by atoms with Crippen molar-refractivity contribution in [3.8, 4) is 0 Å². The van der Waals surface area contributed by atoms with Crippen molar-refractivity contribution in [1.82, 2.24) is 10.2 Å². The van der Waals surface area contributed by atoms with Crippen LogP contribution in [0.3, 0.4) is 0 Å². The van der Waals surface area contributed by atoms with Crippen LogP contribution in [-0.4, -0.2) is 37.2 Å². The number of nitrogens with one attached hydrogen (secondary N) is 1. The van der Waals surface area contributed by atoms with E-state index < -0.39 is 0 Å². The van der Waals surface area contributed by atoms with E-state index in [9.17, 15) is 0 Å². The summed E-state index contributed by atoms with van der Waals surface area (Å²) >= 11 is 1.92. The average Bonchev–Trinajstić information content (AvgIpc) is 2.80. The zero-order valence-electron chi connectivity index (χ0n) is 14.5. The Hall–Kier alpha value is -0.420. The van der Waals surface area contributed by atoms with Crippen molar-refractivity contribution >= 4 is 11.3 Å². The van der Waals surface area contributed by atoms with Crippen LogP contribution in [0.5, 0.6) is 0 Å². The van der Waals surface area contributed by atoms with Crippen LogP contribution in [0.1, 0.15) is 44.4 Å². The third-order valence-electron chi connectivity index (χ3n) is 3.12. The molecule has 3 nitrogen and oxygen atoms in total. The molecule has 1 heterocycles. The largest absolute Gasteiger partial charge is 0.383 e. The quantitative estimate of drug-likeness (QED) is 0.752. The number of rotatable bonds is 9. The summed E-state index contributed by atoms with van der Waals surface area (Å²) in [6.45, 7) is 16.1. The van der Waals surface area contributed by atoms with Crippen molar-refractivity contribution in [2.45, 2.75) is 53.2 Å². The summed E-state index contributed by atoms with van der Waals surface area (Å²) < 4.78 is 5.22. The average molecular weight is 313 g/mol. The van der Waals surface area contributed by atoms with Gasteiger partial charge in [-0.05, 0) is 38.8 Å². The van der Waals surface area contributed by atoms with E-state index >= 15 is 0 Å². The lowest BCUT2D eigenvalue weighted by molar-refractivity contribution is 0.136. The van der Waals surface area contributed by atoms with E-state index in [1.165, 1.54) is 9.75 Å². The molecule has 0 saturated carbocycles. The van der Waals surface area contributed by atoms with Crippen LogP contribution in [0.25, 0.3) is 0 Å². The minimum atomic E-state index is 0.173. The first-order valence-corrected chi connectivity index (χ1v) is 8.65. The van der Waals surface area contributed by atoms with Crippen molar-refractivity contribution in [1.29, 1.82) is 0 Å². The minimum Gasteiger partial charge on any atom is -0.383 e. The molecule has 1 aromatic rings. The predicted octanol–water partition coefficient (Wildman–Crippen LogP) is 3.74. The van der Waals surface area contributed by atoms with E-state index in [1.807, 2.05) is 11.3 Å². The molecule has 0 unspecified atom stereocenters. The summed E-state index contributed by atoms with van der Waals surface area (Å²) in [6, 6.07) is 4.52. The van der Waals surface area contributed by atoms with Crippen molar-refractivity contribution in [2.24, 2.45) is 5.92 Å². The Balaban J connectivity index is 2.53. The molecule has 0 aromatic carbocycles. The fraction of sp³-hybridized carbons (Fsp3) is 0.765. The van der Waals surface area contributed by atoms with Gasteiger partial charge in [-0.2, -0.15) is 0 Å². The summed E-state index contributed by atoms with van der Waals surface area (Å²) in [5, 5.41) is 3.55. The molecule has 0 amide bonds. The van der Waals surface area contributed by atoms with Gasteiger partial charge in [0.05, 0.1) is 6.61 Å². The molecule has 0 aliphatic carbocycles. The maximum absolute atomic E-state index is 5.22. The van der Waals surface area contributed by atoms with Gasteiger partial charge < -0.3 is 10.1 Å². The molecule has 4 heteroatoms. The van der Waals surface area contributed by atoms with E-state index in [-0.39, 0.29) is 5.54 Å². The Morgan fingerprint density at radius 1 is 1.24 bits per heavy atom. The molecule has 1 N–H and O–H groups in total. The van der Waals surface area contributed by atoms with Gasteiger partial charge in [-0.15, -0.1) is 11.3 Å². The highest BCUT2D eigenvalue weighted by atomic mass is 32.1. The monoisotopic (exact) mass is 312 g/mol. The molecular formula is C17H32N2OS. The normalized spacial score (nSPS) is 12.6. The maximum atomic E-state index is 5.22. The Morgan fingerprint density at radius 2 is 1.90 bits per heavy atom. The van der Waals surface area contributed by atoms with E-state index in [1.54, 1.807) is 7.11 Å². The van der Waals surface area contributed by atoms with Gasteiger partial charge in [-0.3, -0.25) is 4.90 Å². The summed E-state index contributed by atoms with van der Waals surface area (Å²) in [5.74, 6) is 0.684. The number of methoxy groups -OCH3 is 1. The van der Waals surface area contributed by atoms with Gasteiger partial charge in [0.15, 0.2) is 0 Å².